The number of hydrogen-bond donors (Lipinski definition) is 0. The van der Waals surface area contributed by atoms with Gasteiger partial charge in [-0.2, -0.15) is 9.50 Å². The minimum absolute atomic E-state index is 0.118. The molecular formula is C16H13N5OS. The van der Waals surface area contributed by atoms with Crippen molar-refractivity contribution in [3.63, 3.8) is 0 Å². The third-order valence-corrected chi connectivity index (χ3v) is 4.31. The standard InChI is InChI=1S/C16H13N5OS/c1-10-5-3-4-6-12(10)20-8-7-13-11(14(20)22)9-17-15-18-16(23-2)19-21(13)15/h3-9H,1-2H3. The van der Waals surface area contributed by atoms with E-state index in [1.807, 2.05) is 43.5 Å². The molecule has 114 valence electrons. The van der Waals surface area contributed by atoms with Crippen molar-refractivity contribution in [1.29, 1.82) is 0 Å². The van der Waals surface area contributed by atoms with Crippen LogP contribution in [0.5, 0.6) is 0 Å². The Morgan fingerprint density at radius 3 is 2.78 bits per heavy atom. The van der Waals surface area contributed by atoms with Gasteiger partial charge in [-0.1, -0.05) is 30.0 Å². The minimum Gasteiger partial charge on any atom is -0.283 e. The van der Waals surface area contributed by atoms with Gasteiger partial charge in [0, 0.05) is 12.4 Å². The van der Waals surface area contributed by atoms with Crippen LogP contribution in [0.2, 0.25) is 0 Å². The number of para-hydroxylation sites is 1. The molecule has 0 spiro atoms. The van der Waals surface area contributed by atoms with E-state index in [-0.39, 0.29) is 5.56 Å². The van der Waals surface area contributed by atoms with Gasteiger partial charge < -0.3 is 0 Å². The summed E-state index contributed by atoms with van der Waals surface area (Å²) >= 11 is 1.44. The zero-order chi connectivity index (χ0) is 16.0. The number of fused-ring (bicyclic) bond motifs is 3. The maximum atomic E-state index is 12.9. The van der Waals surface area contributed by atoms with Crippen LogP contribution in [-0.2, 0) is 0 Å². The lowest BCUT2D eigenvalue weighted by Gasteiger charge is -2.10. The third kappa shape index (κ3) is 2.12. The van der Waals surface area contributed by atoms with E-state index in [2.05, 4.69) is 15.1 Å². The molecule has 0 amide bonds. The fourth-order valence-corrected chi connectivity index (χ4v) is 2.95. The van der Waals surface area contributed by atoms with Gasteiger partial charge in [0.15, 0.2) is 0 Å². The number of nitrogens with zero attached hydrogens (tertiary/aromatic N) is 5. The van der Waals surface area contributed by atoms with Crippen LogP contribution < -0.4 is 5.56 Å². The van der Waals surface area contributed by atoms with Gasteiger partial charge >= 0.3 is 0 Å². The summed E-state index contributed by atoms with van der Waals surface area (Å²) < 4.78 is 3.25. The number of aromatic nitrogens is 5. The van der Waals surface area contributed by atoms with Crippen molar-refractivity contribution in [3.05, 3.63) is 58.6 Å². The molecule has 6 nitrogen and oxygen atoms in total. The smallest absolute Gasteiger partial charge is 0.266 e. The maximum Gasteiger partial charge on any atom is 0.266 e. The summed E-state index contributed by atoms with van der Waals surface area (Å²) in [6.45, 7) is 1.98. The molecule has 0 aliphatic rings. The van der Waals surface area contributed by atoms with Gasteiger partial charge in [0.05, 0.1) is 16.6 Å². The van der Waals surface area contributed by atoms with Crippen molar-refractivity contribution in [1.82, 2.24) is 24.1 Å². The average Bonchev–Trinajstić information content (AvgIpc) is 3.00. The van der Waals surface area contributed by atoms with Crippen molar-refractivity contribution in [2.75, 3.05) is 6.26 Å². The molecule has 0 N–H and O–H groups in total. The van der Waals surface area contributed by atoms with E-state index in [0.717, 1.165) is 11.3 Å². The number of rotatable bonds is 2. The van der Waals surface area contributed by atoms with E-state index < -0.39 is 0 Å². The molecule has 0 aliphatic heterocycles. The first kappa shape index (κ1) is 14.0. The first-order valence-electron chi connectivity index (χ1n) is 7.06. The molecule has 0 saturated heterocycles. The summed E-state index contributed by atoms with van der Waals surface area (Å²) in [5.41, 5.74) is 2.49. The van der Waals surface area contributed by atoms with Gasteiger partial charge in [-0.15, -0.1) is 5.10 Å². The molecule has 0 unspecified atom stereocenters. The molecule has 23 heavy (non-hydrogen) atoms. The van der Waals surface area contributed by atoms with Gasteiger partial charge in [0.25, 0.3) is 11.3 Å². The van der Waals surface area contributed by atoms with E-state index in [9.17, 15) is 4.79 Å². The quantitative estimate of drug-likeness (QED) is 0.530. The summed E-state index contributed by atoms with van der Waals surface area (Å²) in [5, 5.41) is 5.53. The lowest BCUT2D eigenvalue weighted by molar-refractivity contribution is 0.903. The molecule has 4 rings (SSSR count). The monoisotopic (exact) mass is 323 g/mol. The van der Waals surface area contributed by atoms with Crippen LogP contribution in [0.4, 0.5) is 0 Å². The van der Waals surface area contributed by atoms with Gasteiger partial charge in [-0.25, -0.2) is 4.98 Å². The van der Waals surface area contributed by atoms with Crippen molar-refractivity contribution in [2.45, 2.75) is 12.1 Å². The number of aryl methyl sites for hydroxylation is 1. The molecule has 1 aromatic carbocycles. The highest BCUT2D eigenvalue weighted by Crippen LogP contribution is 2.17. The molecule has 7 heteroatoms. The lowest BCUT2D eigenvalue weighted by Crippen LogP contribution is -2.19. The van der Waals surface area contributed by atoms with E-state index in [1.165, 1.54) is 11.8 Å². The van der Waals surface area contributed by atoms with Crippen LogP contribution in [-0.4, -0.2) is 30.4 Å². The van der Waals surface area contributed by atoms with Gasteiger partial charge in [0.2, 0.25) is 5.16 Å². The highest BCUT2D eigenvalue weighted by Gasteiger charge is 2.12. The Kier molecular flexibility index (Phi) is 3.16. The summed E-state index contributed by atoms with van der Waals surface area (Å²) in [6.07, 6.45) is 5.25. The number of pyridine rings is 1. The molecule has 0 aliphatic carbocycles. The fourth-order valence-electron chi connectivity index (χ4n) is 2.61. The average molecular weight is 323 g/mol. The van der Waals surface area contributed by atoms with Crippen LogP contribution >= 0.6 is 11.8 Å². The Morgan fingerprint density at radius 2 is 2.00 bits per heavy atom. The van der Waals surface area contributed by atoms with Crippen LogP contribution in [0.25, 0.3) is 22.4 Å². The second-order valence-electron chi connectivity index (χ2n) is 5.14. The van der Waals surface area contributed by atoms with E-state index >= 15 is 0 Å². The number of benzene rings is 1. The van der Waals surface area contributed by atoms with Crippen molar-refractivity contribution >= 4 is 28.4 Å². The van der Waals surface area contributed by atoms with E-state index in [0.29, 0.717) is 21.8 Å². The topological polar surface area (TPSA) is 65.1 Å². The third-order valence-electron chi connectivity index (χ3n) is 3.77. The normalized spacial score (nSPS) is 11.4. The van der Waals surface area contributed by atoms with E-state index in [1.54, 1.807) is 21.5 Å². The van der Waals surface area contributed by atoms with Gasteiger partial charge in [0.1, 0.15) is 0 Å². The second-order valence-corrected chi connectivity index (χ2v) is 5.92. The first-order chi connectivity index (χ1) is 11.2. The predicted octanol–water partition coefficient (Wildman–Crippen LogP) is 2.46. The molecule has 0 bridgehead atoms. The Labute approximate surface area is 135 Å². The highest BCUT2D eigenvalue weighted by atomic mass is 32.2. The molecule has 0 radical (unpaired) electrons. The molecular weight excluding hydrogens is 310 g/mol. The minimum atomic E-state index is -0.118. The van der Waals surface area contributed by atoms with E-state index in [4.69, 9.17) is 0 Å². The first-order valence-corrected chi connectivity index (χ1v) is 8.28. The summed E-state index contributed by atoms with van der Waals surface area (Å²) in [6, 6.07) is 9.65. The van der Waals surface area contributed by atoms with Crippen LogP contribution in [0.3, 0.4) is 0 Å². The second kappa shape index (κ2) is 5.20. The lowest BCUT2D eigenvalue weighted by atomic mass is 10.2. The highest BCUT2D eigenvalue weighted by molar-refractivity contribution is 7.98. The molecule has 0 saturated carbocycles. The molecule has 0 fully saturated rings. The summed E-state index contributed by atoms with van der Waals surface area (Å²) in [7, 11) is 0. The number of thioether (sulfide) groups is 1. The van der Waals surface area contributed by atoms with Gasteiger partial charge in [-0.05, 0) is 30.9 Å². The SMILES string of the molecule is CSc1nc2ncc3c(=O)n(-c4ccccc4C)ccc3n2n1. The summed E-state index contributed by atoms with van der Waals surface area (Å²) in [5.74, 6) is 0.495. The molecule has 3 aromatic heterocycles. The van der Waals surface area contributed by atoms with Crippen molar-refractivity contribution in [2.24, 2.45) is 0 Å². The largest absolute Gasteiger partial charge is 0.283 e. The molecule has 4 aromatic rings. The summed E-state index contributed by atoms with van der Waals surface area (Å²) in [4.78, 5) is 21.4. The zero-order valence-electron chi connectivity index (χ0n) is 12.6. The Hall–Kier alpha value is -2.67. The molecule has 3 heterocycles. The predicted molar refractivity (Wildman–Crippen MR) is 90.4 cm³/mol. The van der Waals surface area contributed by atoms with Crippen LogP contribution in [0, 0.1) is 6.92 Å². The molecule has 0 atom stereocenters. The number of hydrogen-bond acceptors (Lipinski definition) is 5. The van der Waals surface area contributed by atoms with Gasteiger partial charge in [-0.3, -0.25) is 9.36 Å². The Balaban J connectivity index is 2.04. The Bertz CT molecular complexity index is 1100. The van der Waals surface area contributed by atoms with Crippen molar-refractivity contribution < 1.29 is 0 Å². The van der Waals surface area contributed by atoms with Crippen LogP contribution in [0.15, 0.2) is 52.7 Å². The maximum absolute atomic E-state index is 12.9. The van der Waals surface area contributed by atoms with Crippen LogP contribution in [0.1, 0.15) is 5.56 Å². The Morgan fingerprint density at radius 1 is 1.17 bits per heavy atom. The van der Waals surface area contributed by atoms with Crippen molar-refractivity contribution in [3.8, 4) is 5.69 Å². The zero-order valence-corrected chi connectivity index (χ0v) is 13.4. The fraction of sp³-hybridized carbons (Fsp3) is 0.125.